The lowest BCUT2D eigenvalue weighted by molar-refractivity contribution is 0.568. The molecule has 1 aromatic heterocycles. The lowest BCUT2D eigenvalue weighted by atomic mass is 10.1. The van der Waals surface area contributed by atoms with Gasteiger partial charge in [0.2, 0.25) is 0 Å². The van der Waals surface area contributed by atoms with Crippen molar-refractivity contribution in [3.05, 3.63) is 49.7 Å². The molecule has 1 aromatic carbocycles. The maximum Gasteiger partial charge on any atom is 0.305 e. The first-order chi connectivity index (χ1) is 9.29. The monoisotopic (exact) mass is 376 g/mol. The third-order valence-electron chi connectivity index (χ3n) is 2.73. The van der Waals surface area contributed by atoms with Gasteiger partial charge in [-0.25, -0.2) is 13.1 Å². The van der Waals surface area contributed by atoms with E-state index >= 15 is 0 Å². The highest BCUT2D eigenvalue weighted by molar-refractivity contribution is 9.10. The van der Waals surface area contributed by atoms with Gasteiger partial charge in [0.25, 0.3) is 10.0 Å². The first-order valence-electron chi connectivity index (χ1n) is 5.77. The Bertz CT molecular complexity index is 763. The van der Waals surface area contributed by atoms with Gasteiger partial charge in [0.15, 0.2) is 4.21 Å². The predicted octanol–water partition coefficient (Wildman–Crippen LogP) is 2.55. The minimum absolute atomic E-state index is 0.0338. The minimum atomic E-state index is -3.70. The number of aryl methyl sites for hydroxylation is 1. The van der Waals surface area contributed by atoms with Crippen LogP contribution in [0, 0.1) is 6.92 Å². The number of thiazole rings is 1. The van der Waals surface area contributed by atoms with E-state index in [0.717, 1.165) is 10.0 Å². The van der Waals surface area contributed by atoms with Crippen molar-refractivity contribution in [3.63, 3.8) is 0 Å². The summed E-state index contributed by atoms with van der Waals surface area (Å²) < 4.78 is 28.0. The summed E-state index contributed by atoms with van der Waals surface area (Å²) in [6.07, 6.45) is 0. The Morgan fingerprint density at radius 3 is 2.40 bits per heavy atom. The van der Waals surface area contributed by atoms with Crippen LogP contribution in [-0.2, 0) is 10.0 Å². The Labute approximate surface area is 129 Å². The van der Waals surface area contributed by atoms with Gasteiger partial charge in [-0.1, -0.05) is 39.4 Å². The summed E-state index contributed by atoms with van der Waals surface area (Å²) in [6.45, 7) is 3.32. The van der Waals surface area contributed by atoms with Gasteiger partial charge in [0.1, 0.15) is 0 Å². The topological polar surface area (TPSA) is 79.0 Å². The largest absolute Gasteiger partial charge is 0.315 e. The van der Waals surface area contributed by atoms with E-state index in [-0.39, 0.29) is 15.1 Å². The lowest BCUT2D eigenvalue weighted by Crippen LogP contribution is -2.26. The second kappa shape index (κ2) is 5.80. The average Bonchev–Trinajstić information content (AvgIpc) is 2.69. The van der Waals surface area contributed by atoms with E-state index in [1.807, 2.05) is 24.3 Å². The van der Waals surface area contributed by atoms with Crippen molar-refractivity contribution in [2.45, 2.75) is 24.1 Å². The molecule has 5 nitrogen and oxygen atoms in total. The number of aromatic nitrogens is 1. The van der Waals surface area contributed by atoms with E-state index < -0.39 is 10.0 Å². The van der Waals surface area contributed by atoms with Gasteiger partial charge < -0.3 is 4.98 Å². The number of aromatic amines is 1. The van der Waals surface area contributed by atoms with E-state index in [0.29, 0.717) is 17.0 Å². The number of rotatable bonds is 4. The molecule has 0 spiro atoms. The van der Waals surface area contributed by atoms with Crippen molar-refractivity contribution in [1.29, 1.82) is 0 Å². The second-order valence-corrected chi connectivity index (χ2v) is 8.13. The number of sulfonamides is 1. The Hall–Kier alpha value is -0.960. The number of benzene rings is 1. The zero-order chi connectivity index (χ0) is 14.9. The zero-order valence-corrected chi connectivity index (χ0v) is 14.0. The molecule has 0 amide bonds. The minimum Gasteiger partial charge on any atom is -0.315 e. The fourth-order valence-electron chi connectivity index (χ4n) is 1.75. The molecule has 0 aliphatic rings. The predicted molar refractivity (Wildman–Crippen MR) is 82.6 cm³/mol. The van der Waals surface area contributed by atoms with Gasteiger partial charge >= 0.3 is 4.87 Å². The van der Waals surface area contributed by atoms with E-state index in [9.17, 15) is 13.2 Å². The Morgan fingerprint density at radius 2 is 1.90 bits per heavy atom. The van der Waals surface area contributed by atoms with Gasteiger partial charge in [-0.15, -0.1) is 0 Å². The molecular weight excluding hydrogens is 364 g/mol. The number of H-pyrrole nitrogens is 1. The molecule has 0 saturated carbocycles. The number of halogens is 1. The van der Waals surface area contributed by atoms with Gasteiger partial charge in [-0.2, -0.15) is 0 Å². The van der Waals surface area contributed by atoms with Crippen molar-refractivity contribution in [2.24, 2.45) is 0 Å². The molecule has 108 valence electrons. The fourth-order valence-corrected chi connectivity index (χ4v) is 4.57. The van der Waals surface area contributed by atoms with Gasteiger partial charge in [-0.3, -0.25) is 4.79 Å². The van der Waals surface area contributed by atoms with Crippen molar-refractivity contribution in [1.82, 2.24) is 9.71 Å². The second-order valence-electron chi connectivity index (χ2n) is 4.32. The smallest absolute Gasteiger partial charge is 0.305 e. The van der Waals surface area contributed by atoms with Crippen LogP contribution in [0.2, 0.25) is 0 Å². The molecule has 2 aromatic rings. The molecule has 0 saturated heterocycles. The van der Waals surface area contributed by atoms with E-state index in [1.165, 1.54) is 0 Å². The lowest BCUT2D eigenvalue weighted by Gasteiger charge is -2.14. The van der Waals surface area contributed by atoms with Crippen LogP contribution in [0.3, 0.4) is 0 Å². The van der Waals surface area contributed by atoms with Crippen molar-refractivity contribution < 1.29 is 8.42 Å². The summed E-state index contributed by atoms with van der Waals surface area (Å²) in [5.74, 6) is 0. The van der Waals surface area contributed by atoms with Crippen LogP contribution in [0.25, 0.3) is 0 Å². The van der Waals surface area contributed by atoms with Gasteiger partial charge in [-0.05, 0) is 31.5 Å². The molecule has 0 aliphatic carbocycles. The molecule has 1 heterocycles. The van der Waals surface area contributed by atoms with E-state index in [2.05, 4.69) is 25.6 Å². The highest BCUT2D eigenvalue weighted by Crippen LogP contribution is 2.21. The Morgan fingerprint density at radius 1 is 1.30 bits per heavy atom. The van der Waals surface area contributed by atoms with Crippen LogP contribution in [0.1, 0.15) is 24.2 Å². The molecule has 0 aliphatic heterocycles. The molecule has 0 radical (unpaired) electrons. The molecule has 0 unspecified atom stereocenters. The maximum absolute atomic E-state index is 12.2. The van der Waals surface area contributed by atoms with Crippen LogP contribution < -0.4 is 9.60 Å². The normalized spacial score (nSPS) is 13.3. The molecule has 20 heavy (non-hydrogen) atoms. The van der Waals surface area contributed by atoms with Gasteiger partial charge in [0.05, 0.1) is 0 Å². The van der Waals surface area contributed by atoms with Crippen LogP contribution in [0.15, 0.2) is 37.7 Å². The molecule has 8 heteroatoms. The van der Waals surface area contributed by atoms with Crippen LogP contribution in [0.5, 0.6) is 0 Å². The number of hydrogen-bond acceptors (Lipinski definition) is 4. The molecule has 2 N–H and O–H groups in total. The highest BCUT2D eigenvalue weighted by atomic mass is 79.9. The van der Waals surface area contributed by atoms with Crippen molar-refractivity contribution >= 4 is 37.3 Å². The molecular formula is C12H13BrN2O3S2. The van der Waals surface area contributed by atoms with Crippen molar-refractivity contribution in [2.75, 3.05) is 0 Å². The van der Waals surface area contributed by atoms with Crippen molar-refractivity contribution in [3.8, 4) is 0 Å². The van der Waals surface area contributed by atoms with Crippen LogP contribution >= 0.6 is 27.3 Å². The quantitative estimate of drug-likeness (QED) is 0.860. The highest BCUT2D eigenvalue weighted by Gasteiger charge is 2.23. The van der Waals surface area contributed by atoms with Gasteiger partial charge in [0, 0.05) is 16.2 Å². The summed E-state index contributed by atoms with van der Waals surface area (Å²) in [4.78, 5) is 13.3. The number of nitrogens with one attached hydrogen (secondary N) is 2. The summed E-state index contributed by atoms with van der Waals surface area (Å²) in [7, 11) is -3.70. The SMILES string of the molecule is Cc1[nH]c(=O)sc1S(=O)(=O)N[C@@H](C)c1ccc(Br)cc1. The molecule has 1 atom stereocenters. The molecule has 0 bridgehead atoms. The third-order valence-corrected chi connectivity index (χ3v) is 6.40. The Balaban J connectivity index is 2.26. The third kappa shape index (κ3) is 3.38. The first-order valence-corrected chi connectivity index (χ1v) is 8.86. The standard InChI is InChI=1S/C12H13BrN2O3S2/c1-7(9-3-5-10(13)6-4-9)15-20(17,18)11-8(2)14-12(16)19-11/h3-7,15H,1-2H3,(H,14,16)/t7-/m0/s1. The van der Waals surface area contributed by atoms with E-state index in [4.69, 9.17) is 0 Å². The maximum atomic E-state index is 12.2. The summed E-state index contributed by atoms with van der Waals surface area (Å²) in [5.41, 5.74) is 1.20. The first kappa shape index (κ1) is 15.4. The van der Waals surface area contributed by atoms with E-state index in [1.54, 1.807) is 13.8 Å². The molecule has 2 rings (SSSR count). The summed E-state index contributed by atoms with van der Waals surface area (Å²) in [6, 6.07) is 6.98. The number of hydrogen-bond donors (Lipinski definition) is 2. The Kier molecular flexibility index (Phi) is 4.48. The van der Waals surface area contributed by atoms with Crippen LogP contribution in [0.4, 0.5) is 0 Å². The molecule has 0 fully saturated rings. The zero-order valence-electron chi connectivity index (χ0n) is 10.8. The summed E-state index contributed by atoms with van der Waals surface area (Å²) in [5, 5.41) is 0. The fraction of sp³-hybridized carbons (Fsp3) is 0.250. The summed E-state index contributed by atoms with van der Waals surface area (Å²) >= 11 is 4.02. The average molecular weight is 377 g/mol. The van der Waals surface area contributed by atoms with Crippen LogP contribution in [-0.4, -0.2) is 13.4 Å².